The van der Waals surface area contributed by atoms with Crippen LogP contribution in [-0.4, -0.2) is 30.0 Å². The highest BCUT2D eigenvalue weighted by molar-refractivity contribution is 5.51. The van der Waals surface area contributed by atoms with Gasteiger partial charge in [0, 0.05) is 18.7 Å². The van der Waals surface area contributed by atoms with E-state index in [1.807, 2.05) is 30.3 Å². The molecule has 0 spiro atoms. The maximum absolute atomic E-state index is 5.60. The molecule has 2 rings (SSSR count). The number of aromatic nitrogens is 2. The quantitative estimate of drug-likeness (QED) is 0.719. The summed E-state index contributed by atoms with van der Waals surface area (Å²) in [5, 5.41) is 11.3. The molecule has 2 aromatic rings. The maximum atomic E-state index is 5.60. The molecule has 0 saturated carbocycles. The molecule has 1 aromatic carbocycles. The van der Waals surface area contributed by atoms with Crippen molar-refractivity contribution in [2.24, 2.45) is 5.92 Å². The van der Waals surface area contributed by atoms with Crippen LogP contribution in [0.25, 0.3) is 11.5 Å². The molecular weight excluding hydrogens is 266 g/mol. The van der Waals surface area contributed by atoms with Crippen molar-refractivity contribution in [3.05, 3.63) is 36.2 Å². The van der Waals surface area contributed by atoms with E-state index >= 15 is 0 Å². The lowest BCUT2D eigenvalue weighted by atomic mass is 10.1. The zero-order chi connectivity index (χ0) is 14.9. The van der Waals surface area contributed by atoms with E-state index in [0.29, 0.717) is 30.9 Å². The molecule has 0 radical (unpaired) electrons. The van der Waals surface area contributed by atoms with Crippen LogP contribution in [0, 0.1) is 5.92 Å². The van der Waals surface area contributed by atoms with E-state index in [1.54, 1.807) is 0 Å². The molecule has 1 heterocycles. The molecule has 0 bridgehead atoms. The monoisotopic (exact) mass is 289 g/mol. The highest BCUT2D eigenvalue weighted by Crippen LogP contribution is 2.16. The lowest BCUT2D eigenvalue weighted by Crippen LogP contribution is -2.19. The second-order valence-electron chi connectivity index (χ2n) is 5.34. The van der Waals surface area contributed by atoms with Crippen LogP contribution >= 0.6 is 0 Å². The highest BCUT2D eigenvalue weighted by Gasteiger charge is 2.07. The smallest absolute Gasteiger partial charge is 0.247 e. The first-order valence-corrected chi connectivity index (χ1v) is 7.42. The number of nitrogens with zero attached hydrogens (tertiary/aromatic N) is 2. The lowest BCUT2D eigenvalue weighted by molar-refractivity contribution is 0.125. The van der Waals surface area contributed by atoms with E-state index in [4.69, 9.17) is 9.15 Å². The third kappa shape index (κ3) is 5.65. The Hall–Kier alpha value is -1.72. The Morgan fingerprint density at radius 1 is 1.14 bits per heavy atom. The van der Waals surface area contributed by atoms with Crippen molar-refractivity contribution in [2.75, 3.05) is 19.8 Å². The molecule has 114 valence electrons. The summed E-state index contributed by atoms with van der Waals surface area (Å²) in [7, 11) is 0. The van der Waals surface area contributed by atoms with Gasteiger partial charge in [0.2, 0.25) is 11.8 Å². The van der Waals surface area contributed by atoms with E-state index in [9.17, 15) is 0 Å². The third-order valence-corrected chi connectivity index (χ3v) is 3.03. The molecule has 0 aliphatic rings. The van der Waals surface area contributed by atoms with Crippen molar-refractivity contribution in [1.29, 1.82) is 0 Å². The summed E-state index contributed by atoms with van der Waals surface area (Å²) in [4.78, 5) is 0. The van der Waals surface area contributed by atoms with Crippen molar-refractivity contribution in [1.82, 2.24) is 15.5 Å². The summed E-state index contributed by atoms with van der Waals surface area (Å²) in [5.41, 5.74) is 0.938. The van der Waals surface area contributed by atoms with Crippen LogP contribution in [0.2, 0.25) is 0 Å². The predicted molar refractivity (Wildman–Crippen MR) is 81.7 cm³/mol. The Balaban J connectivity index is 1.65. The first kappa shape index (κ1) is 15.7. The van der Waals surface area contributed by atoms with Crippen LogP contribution in [0.15, 0.2) is 34.7 Å². The number of ether oxygens (including phenoxy) is 1. The van der Waals surface area contributed by atoms with Gasteiger partial charge in [-0.25, -0.2) is 0 Å². The Bertz CT molecular complexity index is 511. The minimum Gasteiger partial charge on any atom is -0.419 e. The molecule has 0 aliphatic heterocycles. The molecule has 0 fully saturated rings. The summed E-state index contributed by atoms with van der Waals surface area (Å²) in [6, 6.07) is 9.76. The van der Waals surface area contributed by atoms with E-state index < -0.39 is 0 Å². The average Bonchev–Trinajstić information content (AvgIpc) is 2.96. The normalized spacial score (nSPS) is 11.2. The second kappa shape index (κ2) is 8.54. The molecule has 0 amide bonds. The molecule has 1 N–H and O–H groups in total. The van der Waals surface area contributed by atoms with Crippen LogP contribution < -0.4 is 5.32 Å². The van der Waals surface area contributed by atoms with Gasteiger partial charge in [-0.1, -0.05) is 32.0 Å². The summed E-state index contributed by atoms with van der Waals surface area (Å²) in [6.07, 6.45) is 1.10. The van der Waals surface area contributed by atoms with E-state index in [2.05, 4.69) is 29.4 Å². The molecular formula is C16H23N3O2. The topological polar surface area (TPSA) is 60.2 Å². The lowest BCUT2D eigenvalue weighted by Gasteiger charge is -2.06. The van der Waals surface area contributed by atoms with Gasteiger partial charge in [0.25, 0.3) is 0 Å². The first-order valence-electron chi connectivity index (χ1n) is 7.42. The maximum Gasteiger partial charge on any atom is 0.247 e. The number of hydrogen-bond donors (Lipinski definition) is 1. The largest absolute Gasteiger partial charge is 0.419 e. The van der Waals surface area contributed by atoms with Crippen LogP contribution in [0.5, 0.6) is 0 Å². The second-order valence-corrected chi connectivity index (χ2v) is 5.34. The average molecular weight is 289 g/mol. The predicted octanol–water partition coefficient (Wildman–Crippen LogP) is 2.89. The van der Waals surface area contributed by atoms with Gasteiger partial charge in [-0.2, -0.15) is 0 Å². The van der Waals surface area contributed by atoms with Gasteiger partial charge in [0.1, 0.15) is 0 Å². The van der Waals surface area contributed by atoms with Gasteiger partial charge in [-0.15, -0.1) is 10.2 Å². The van der Waals surface area contributed by atoms with Crippen molar-refractivity contribution < 1.29 is 9.15 Å². The molecule has 0 unspecified atom stereocenters. The number of benzene rings is 1. The Morgan fingerprint density at radius 3 is 2.71 bits per heavy atom. The van der Waals surface area contributed by atoms with Crippen LogP contribution in [0.1, 0.15) is 26.2 Å². The fourth-order valence-corrected chi connectivity index (χ4v) is 1.78. The van der Waals surface area contributed by atoms with Gasteiger partial charge in [-0.3, -0.25) is 0 Å². The van der Waals surface area contributed by atoms with Crippen molar-refractivity contribution in [3.63, 3.8) is 0 Å². The highest BCUT2D eigenvalue weighted by atomic mass is 16.5. The number of nitrogens with one attached hydrogen (secondary N) is 1. The van der Waals surface area contributed by atoms with Gasteiger partial charge < -0.3 is 14.5 Å². The fourth-order valence-electron chi connectivity index (χ4n) is 1.78. The summed E-state index contributed by atoms with van der Waals surface area (Å²) >= 11 is 0. The Labute approximate surface area is 125 Å². The summed E-state index contributed by atoms with van der Waals surface area (Å²) in [5.74, 6) is 1.84. The zero-order valence-electron chi connectivity index (χ0n) is 12.7. The fraction of sp³-hybridized carbons (Fsp3) is 0.500. The molecule has 5 heteroatoms. The summed E-state index contributed by atoms with van der Waals surface area (Å²) < 4.78 is 11.1. The molecule has 1 aromatic heterocycles. The summed E-state index contributed by atoms with van der Waals surface area (Å²) in [6.45, 7) is 7.25. The molecule has 21 heavy (non-hydrogen) atoms. The molecule has 5 nitrogen and oxygen atoms in total. The Kier molecular flexibility index (Phi) is 6.37. The van der Waals surface area contributed by atoms with E-state index in [0.717, 1.165) is 25.1 Å². The van der Waals surface area contributed by atoms with Gasteiger partial charge >= 0.3 is 0 Å². The van der Waals surface area contributed by atoms with Crippen molar-refractivity contribution in [3.8, 4) is 11.5 Å². The van der Waals surface area contributed by atoms with Gasteiger partial charge in [0.05, 0.1) is 13.2 Å². The van der Waals surface area contributed by atoms with Crippen molar-refractivity contribution >= 4 is 0 Å². The van der Waals surface area contributed by atoms with Crippen LogP contribution in [0.4, 0.5) is 0 Å². The van der Waals surface area contributed by atoms with Crippen molar-refractivity contribution in [2.45, 2.75) is 26.8 Å². The molecule has 0 aliphatic carbocycles. The van der Waals surface area contributed by atoms with Crippen LogP contribution in [-0.2, 0) is 11.3 Å². The minimum atomic E-state index is 0.556. The SMILES string of the molecule is CC(C)CCOCCNCc1nnc(-c2ccccc2)o1. The number of rotatable bonds is 9. The number of hydrogen-bond acceptors (Lipinski definition) is 5. The standard InChI is InChI=1S/C16H23N3O2/c1-13(2)8-10-20-11-9-17-12-15-18-19-16(21-15)14-6-4-3-5-7-14/h3-7,13,17H,8-12H2,1-2H3. The third-order valence-electron chi connectivity index (χ3n) is 3.03. The zero-order valence-corrected chi connectivity index (χ0v) is 12.7. The molecule has 0 atom stereocenters. The first-order chi connectivity index (χ1) is 10.3. The van der Waals surface area contributed by atoms with Crippen LogP contribution in [0.3, 0.4) is 0 Å². The van der Waals surface area contributed by atoms with Gasteiger partial charge in [0.15, 0.2) is 0 Å². The van der Waals surface area contributed by atoms with E-state index in [1.165, 1.54) is 0 Å². The molecule has 0 saturated heterocycles. The Morgan fingerprint density at radius 2 is 1.95 bits per heavy atom. The van der Waals surface area contributed by atoms with Gasteiger partial charge in [-0.05, 0) is 24.5 Å². The van der Waals surface area contributed by atoms with E-state index in [-0.39, 0.29) is 0 Å². The minimum absolute atomic E-state index is 0.556.